The van der Waals surface area contributed by atoms with Gasteiger partial charge in [0.2, 0.25) is 5.91 Å². The van der Waals surface area contributed by atoms with E-state index < -0.39 is 30.2 Å². The van der Waals surface area contributed by atoms with E-state index in [1.54, 1.807) is 12.1 Å². The molecule has 7 heteroatoms. The molecule has 0 unspecified atom stereocenters. The maximum atomic E-state index is 13.0. The van der Waals surface area contributed by atoms with E-state index in [-0.39, 0.29) is 18.9 Å². The first-order chi connectivity index (χ1) is 13.5. The number of carbonyl (C=O) groups is 3. The van der Waals surface area contributed by atoms with Crippen molar-refractivity contribution in [1.82, 2.24) is 0 Å². The van der Waals surface area contributed by atoms with E-state index in [9.17, 15) is 18.8 Å². The average molecular weight is 384 g/mol. The van der Waals surface area contributed by atoms with Gasteiger partial charge in [-0.25, -0.2) is 4.39 Å². The van der Waals surface area contributed by atoms with Crippen LogP contribution in [0, 0.1) is 11.7 Å². The zero-order chi connectivity index (χ0) is 20.1. The van der Waals surface area contributed by atoms with E-state index in [4.69, 9.17) is 4.74 Å². The summed E-state index contributed by atoms with van der Waals surface area (Å²) in [5.74, 6) is -2.35. The number of esters is 1. The van der Waals surface area contributed by atoms with Crippen LogP contribution in [0.3, 0.4) is 0 Å². The molecule has 1 fully saturated rings. The molecule has 1 N–H and O–H groups in total. The van der Waals surface area contributed by atoms with Gasteiger partial charge in [-0.3, -0.25) is 14.4 Å². The number of benzene rings is 2. The molecule has 0 aliphatic carbocycles. The van der Waals surface area contributed by atoms with Gasteiger partial charge in [0, 0.05) is 24.3 Å². The summed E-state index contributed by atoms with van der Waals surface area (Å²) in [5.41, 5.74) is 2.30. The summed E-state index contributed by atoms with van der Waals surface area (Å²) in [5, 5.41) is 2.66. The van der Waals surface area contributed by atoms with E-state index in [2.05, 4.69) is 5.32 Å². The molecule has 0 radical (unpaired) electrons. The van der Waals surface area contributed by atoms with E-state index in [0.717, 1.165) is 12.0 Å². The normalized spacial score (nSPS) is 16.1. The number of carbonyl (C=O) groups excluding carboxylic acids is 3. The number of nitrogens with zero attached hydrogens (tertiary/aromatic N) is 1. The zero-order valence-corrected chi connectivity index (χ0v) is 15.5. The predicted molar refractivity (Wildman–Crippen MR) is 102 cm³/mol. The van der Waals surface area contributed by atoms with Crippen LogP contribution in [0.2, 0.25) is 0 Å². The Morgan fingerprint density at radius 3 is 2.46 bits per heavy atom. The molecular weight excluding hydrogens is 363 g/mol. The Hall–Kier alpha value is -3.22. The zero-order valence-electron chi connectivity index (χ0n) is 15.5. The van der Waals surface area contributed by atoms with Gasteiger partial charge in [0.25, 0.3) is 5.91 Å². The molecule has 1 aliphatic rings. The number of amides is 2. The molecule has 0 bridgehead atoms. The van der Waals surface area contributed by atoms with Crippen molar-refractivity contribution < 1.29 is 23.5 Å². The van der Waals surface area contributed by atoms with E-state index >= 15 is 0 Å². The molecule has 2 aromatic carbocycles. The van der Waals surface area contributed by atoms with Crippen LogP contribution in [-0.2, 0) is 25.5 Å². The maximum absolute atomic E-state index is 13.0. The van der Waals surface area contributed by atoms with Crippen LogP contribution in [0.4, 0.5) is 15.8 Å². The third-order valence-electron chi connectivity index (χ3n) is 4.59. The fourth-order valence-electron chi connectivity index (χ4n) is 3.01. The molecule has 0 spiro atoms. The number of aryl methyl sites for hydroxylation is 1. The standard InChI is InChI=1S/C21H21FN2O4/c1-2-14-3-7-17(8-4-14)23-19(25)13-28-21(27)15-11-20(26)24(12-15)18-9-5-16(22)6-10-18/h3-10,15H,2,11-13H2,1H3,(H,23,25)/t15-/m0/s1. The minimum atomic E-state index is -0.658. The van der Waals surface area contributed by atoms with E-state index in [0.29, 0.717) is 11.4 Å². The summed E-state index contributed by atoms with van der Waals surface area (Å²) < 4.78 is 18.1. The fourth-order valence-corrected chi connectivity index (χ4v) is 3.01. The van der Waals surface area contributed by atoms with Crippen molar-refractivity contribution in [3.63, 3.8) is 0 Å². The van der Waals surface area contributed by atoms with Crippen molar-refractivity contribution >= 4 is 29.2 Å². The smallest absolute Gasteiger partial charge is 0.311 e. The first-order valence-electron chi connectivity index (χ1n) is 9.07. The van der Waals surface area contributed by atoms with E-state index in [1.165, 1.54) is 29.2 Å². The van der Waals surface area contributed by atoms with Gasteiger partial charge in [0.15, 0.2) is 6.61 Å². The molecule has 28 heavy (non-hydrogen) atoms. The maximum Gasteiger partial charge on any atom is 0.311 e. The molecule has 2 amide bonds. The van der Waals surface area contributed by atoms with Crippen molar-refractivity contribution in [3.05, 3.63) is 59.9 Å². The van der Waals surface area contributed by atoms with Gasteiger partial charge in [0.05, 0.1) is 5.92 Å². The third-order valence-corrected chi connectivity index (χ3v) is 4.59. The minimum Gasteiger partial charge on any atom is -0.455 e. The second-order valence-corrected chi connectivity index (χ2v) is 6.59. The Bertz CT molecular complexity index is 865. The lowest BCUT2D eigenvalue weighted by Crippen LogP contribution is -2.28. The molecule has 1 heterocycles. The van der Waals surface area contributed by atoms with Crippen LogP contribution >= 0.6 is 0 Å². The molecule has 1 saturated heterocycles. The van der Waals surface area contributed by atoms with Crippen LogP contribution in [0.25, 0.3) is 0 Å². The van der Waals surface area contributed by atoms with Gasteiger partial charge in [-0.15, -0.1) is 0 Å². The number of hydrogen-bond acceptors (Lipinski definition) is 4. The van der Waals surface area contributed by atoms with E-state index in [1.807, 2.05) is 19.1 Å². The Morgan fingerprint density at radius 1 is 1.14 bits per heavy atom. The van der Waals surface area contributed by atoms with Gasteiger partial charge >= 0.3 is 5.97 Å². The fraction of sp³-hybridized carbons (Fsp3) is 0.286. The molecule has 146 valence electrons. The van der Waals surface area contributed by atoms with Crippen LogP contribution in [0.5, 0.6) is 0 Å². The van der Waals surface area contributed by atoms with Crippen molar-refractivity contribution in [2.24, 2.45) is 5.92 Å². The number of anilines is 2. The SMILES string of the molecule is CCc1ccc(NC(=O)COC(=O)[C@H]2CC(=O)N(c3ccc(F)cc3)C2)cc1. The molecule has 0 aromatic heterocycles. The Labute approximate surface area is 162 Å². The summed E-state index contributed by atoms with van der Waals surface area (Å²) in [6.07, 6.45) is 0.900. The Balaban J connectivity index is 1.49. The lowest BCUT2D eigenvalue weighted by atomic mass is 10.1. The van der Waals surface area contributed by atoms with Crippen molar-refractivity contribution in [1.29, 1.82) is 0 Å². The summed E-state index contributed by atoms with van der Waals surface area (Å²) in [7, 11) is 0. The molecular formula is C21H21FN2O4. The summed E-state index contributed by atoms with van der Waals surface area (Å²) in [6.45, 7) is 1.76. The second-order valence-electron chi connectivity index (χ2n) is 6.59. The van der Waals surface area contributed by atoms with Crippen molar-refractivity contribution in [3.8, 4) is 0 Å². The lowest BCUT2D eigenvalue weighted by molar-refractivity contribution is -0.151. The monoisotopic (exact) mass is 384 g/mol. The highest BCUT2D eigenvalue weighted by molar-refractivity contribution is 6.00. The average Bonchev–Trinajstić information content (AvgIpc) is 3.09. The van der Waals surface area contributed by atoms with Crippen LogP contribution < -0.4 is 10.2 Å². The second kappa shape index (κ2) is 8.65. The molecule has 1 aliphatic heterocycles. The van der Waals surface area contributed by atoms with Crippen LogP contribution in [0.1, 0.15) is 18.9 Å². The highest BCUT2D eigenvalue weighted by Crippen LogP contribution is 2.26. The van der Waals surface area contributed by atoms with Crippen LogP contribution in [-0.4, -0.2) is 30.9 Å². The highest BCUT2D eigenvalue weighted by Gasteiger charge is 2.36. The number of halogens is 1. The largest absolute Gasteiger partial charge is 0.455 e. The number of ether oxygens (including phenoxy) is 1. The van der Waals surface area contributed by atoms with Gasteiger partial charge in [0.1, 0.15) is 5.82 Å². The molecule has 3 rings (SSSR count). The first kappa shape index (κ1) is 19.5. The van der Waals surface area contributed by atoms with Crippen molar-refractivity contribution in [2.45, 2.75) is 19.8 Å². The summed E-state index contributed by atoms with van der Waals surface area (Å²) in [4.78, 5) is 37.8. The summed E-state index contributed by atoms with van der Waals surface area (Å²) in [6, 6.07) is 12.9. The summed E-state index contributed by atoms with van der Waals surface area (Å²) >= 11 is 0. The molecule has 0 saturated carbocycles. The Morgan fingerprint density at radius 2 is 1.82 bits per heavy atom. The van der Waals surface area contributed by atoms with Gasteiger partial charge in [-0.05, 0) is 48.4 Å². The third kappa shape index (κ3) is 4.73. The quantitative estimate of drug-likeness (QED) is 0.777. The number of nitrogens with one attached hydrogen (secondary N) is 1. The minimum absolute atomic E-state index is 0.00366. The lowest BCUT2D eigenvalue weighted by Gasteiger charge is -2.16. The first-order valence-corrected chi connectivity index (χ1v) is 9.07. The van der Waals surface area contributed by atoms with Crippen molar-refractivity contribution in [2.75, 3.05) is 23.4 Å². The predicted octanol–water partition coefficient (Wildman–Crippen LogP) is 2.92. The molecule has 6 nitrogen and oxygen atoms in total. The number of hydrogen-bond donors (Lipinski definition) is 1. The molecule has 2 aromatic rings. The highest BCUT2D eigenvalue weighted by atomic mass is 19.1. The Kier molecular flexibility index (Phi) is 6.03. The van der Waals surface area contributed by atoms with Gasteiger partial charge in [-0.2, -0.15) is 0 Å². The molecule has 1 atom stereocenters. The van der Waals surface area contributed by atoms with Crippen LogP contribution in [0.15, 0.2) is 48.5 Å². The topological polar surface area (TPSA) is 75.7 Å². The van der Waals surface area contributed by atoms with Gasteiger partial charge in [-0.1, -0.05) is 19.1 Å². The van der Waals surface area contributed by atoms with Gasteiger partial charge < -0.3 is 15.0 Å². The number of rotatable bonds is 6.